The Balaban J connectivity index is 2.02. The highest BCUT2D eigenvalue weighted by Gasteiger charge is 2.39. The summed E-state index contributed by atoms with van der Waals surface area (Å²) in [4.78, 5) is 30.2. The monoisotopic (exact) mass is 407 g/mol. The smallest absolute Gasteiger partial charge is 0.242 e. The minimum absolute atomic E-state index is 0.0225. The second-order valence-corrected chi connectivity index (χ2v) is 10.7. The summed E-state index contributed by atoms with van der Waals surface area (Å²) in [6, 6.07) is 1.69. The van der Waals surface area contributed by atoms with Crippen LogP contribution in [0.3, 0.4) is 0 Å². The van der Waals surface area contributed by atoms with E-state index < -0.39 is 0 Å². The fourth-order valence-electron chi connectivity index (χ4n) is 5.35. The van der Waals surface area contributed by atoms with Crippen molar-refractivity contribution in [3.8, 4) is 0 Å². The van der Waals surface area contributed by atoms with Crippen molar-refractivity contribution in [2.24, 2.45) is 11.3 Å². The molecule has 0 saturated carbocycles. The number of fused-ring (bicyclic) bond motifs is 2. The lowest BCUT2D eigenvalue weighted by Crippen LogP contribution is -2.50. The second kappa shape index (κ2) is 10.8. The number of piperidine rings is 1. The number of hydrogen-bond donors (Lipinski definition) is 1. The van der Waals surface area contributed by atoms with Crippen molar-refractivity contribution >= 4 is 11.8 Å². The Morgan fingerprint density at radius 1 is 1.07 bits per heavy atom. The number of carbonyl (C=O) groups is 2. The molecule has 168 valence electrons. The van der Waals surface area contributed by atoms with Crippen LogP contribution in [0.15, 0.2) is 0 Å². The zero-order valence-corrected chi connectivity index (χ0v) is 19.8. The van der Waals surface area contributed by atoms with Crippen LogP contribution in [0.1, 0.15) is 92.4 Å². The van der Waals surface area contributed by atoms with Gasteiger partial charge in [-0.05, 0) is 56.9 Å². The molecule has 2 aliphatic rings. The van der Waals surface area contributed by atoms with E-state index in [1.807, 2.05) is 20.8 Å². The third-order valence-corrected chi connectivity index (χ3v) is 6.78. The molecule has 2 fully saturated rings. The highest BCUT2D eigenvalue weighted by Crippen LogP contribution is 2.38. The average Bonchev–Trinajstić information content (AvgIpc) is 2.84. The molecule has 2 aliphatic heterocycles. The van der Waals surface area contributed by atoms with Gasteiger partial charge in [0.25, 0.3) is 0 Å². The number of nitrogens with zero attached hydrogens (tertiary/aromatic N) is 2. The van der Waals surface area contributed by atoms with Crippen molar-refractivity contribution in [1.82, 2.24) is 15.1 Å². The maximum atomic E-state index is 13.2. The molecule has 2 atom stereocenters. The van der Waals surface area contributed by atoms with Crippen LogP contribution in [0.4, 0.5) is 0 Å². The first-order chi connectivity index (χ1) is 13.6. The van der Waals surface area contributed by atoms with Gasteiger partial charge in [0.15, 0.2) is 0 Å². The molecule has 0 aromatic rings. The molecule has 0 aliphatic carbocycles. The first-order valence-electron chi connectivity index (χ1n) is 11.9. The van der Waals surface area contributed by atoms with E-state index in [1.165, 1.54) is 25.7 Å². The summed E-state index contributed by atoms with van der Waals surface area (Å²) in [6.45, 7) is 11.5. The molecule has 2 rings (SSSR count). The van der Waals surface area contributed by atoms with Gasteiger partial charge < -0.3 is 15.1 Å². The highest BCUT2D eigenvalue weighted by atomic mass is 16.2. The van der Waals surface area contributed by atoms with Crippen molar-refractivity contribution in [3.63, 3.8) is 0 Å². The van der Waals surface area contributed by atoms with Gasteiger partial charge in [-0.1, -0.05) is 47.5 Å². The van der Waals surface area contributed by atoms with Crippen molar-refractivity contribution in [2.45, 2.75) is 111 Å². The molecular formula is C24H45N3O2. The third kappa shape index (κ3) is 7.27. The standard InChI is InChI=1S/C24H45N3O2/c1-7-9-19(10-8-2)27(23(29)16-25-22(28)15-24(3,4)5)17-18-13-20-11-12-21(14-18)26(20)6/h18-21H,7-17H2,1-6H3,(H,25,28). The molecule has 5 nitrogen and oxygen atoms in total. The molecule has 2 saturated heterocycles. The Morgan fingerprint density at radius 3 is 2.10 bits per heavy atom. The van der Waals surface area contributed by atoms with Gasteiger partial charge in [0.05, 0.1) is 6.54 Å². The van der Waals surface area contributed by atoms with Crippen molar-refractivity contribution in [2.75, 3.05) is 20.1 Å². The predicted molar refractivity (Wildman–Crippen MR) is 120 cm³/mol. The number of hydrogen-bond acceptors (Lipinski definition) is 3. The van der Waals surface area contributed by atoms with Crippen LogP contribution in [0.2, 0.25) is 0 Å². The first kappa shape index (κ1) is 24.2. The molecule has 0 radical (unpaired) electrons. The van der Waals surface area contributed by atoms with E-state index >= 15 is 0 Å². The summed E-state index contributed by atoms with van der Waals surface area (Å²) < 4.78 is 0. The van der Waals surface area contributed by atoms with Gasteiger partial charge in [0.1, 0.15) is 0 Å². The highest BCUT2D eigenvalue weighted by molar-refractivity contribution is 5.85. The van der Waals surface area contributed by atoms with Crippen molar-refractivity contribution < 1.29 is 9.59 Å². The Bertz CT molecular complexity index is 523. The van der Waals surface area contributed by atoms with Crippen molar-refractivity contribution in [1.29, 1.82) is 0 Å². The van der Waals surface area contributed by atoms with E-state index in [2.05, 4.69) is 36.0 Å². The lowest BCUT2D eigenvalue weighted by molar-refractivity contribution is -0.136. The van der Waals surface area contributed by atoms with E-state index in [0.717, 1.165) is 32.2 Å². The van der Waals surface area contributed by atoms with Crippen LogP contribution in [-0.2, 0) is 9.59 Å². The molecule has 2 bridgehead atoms. The predicted octanol–water partition coefficient (Wildman–Crippen LogP) is 4.21. The number of rotatable bonds is 10. The van der Waals surface area contributed by atoms with Gasteiger partial charge in [0, 0.05) is 31.1 Å². The summed E-state index contributed by atoms with van der Waals surface area (Å²) in [6.07, 6.45) is 9.75. The summed E-state index contributed by atoms with van der Waals surface area (Å²) in [5.74, 6) is 0.672. The lowest BCUT2D eigenvalue weighted by Gasteiger charge is -2.40. The summed E-state index contributed by atoms with van der Waals surface area (Å²) >= 11 is 0. The van der Waals surface area contributed by atoms with E-state index in [4.69, 9.17) is 0 Å². The molecule has 2 heterocycles. The lowest BCUT2D eigenvalue weighted by atomic mass is 9.89. The van der Waals surface area contributed by atoms with Gasteiger partial charge in [-0.25, -0.2) is 0 Å². The zero-order valence-electron chi connectivity index (χ0n) is 19.8. The minimum Gasteiger partial charge on any atom is -0.347 e. The molecule has 1 N–H and O–H groups in total. The van der Waals surface area contributed by atoms with E-state index in [9.17, 15) is 9.59 Å². The molecule has 2 amide bonds. The van der Waals surface area contributed by atoms with Gasteiger partial charge in [-0.3, -0.25) is 9.59 Å². The molecule has 29 heavy (non-hydrogen) atoms. The Labute approximate surface area is 179 Å². The second-order valence-electron chi connectivity index (χ2n) is 10.7. The largest absolute Gasteiger partial charge is 0.347 e. The fourth-order valence-corrected chi connectivity index (χ4v) is 5.35. The van der Waals surface area contributed by atoms with Crippen LogP contribution in [0.5, 0.6) is 0 Å². The normalized spacial score (nSPS) is 24.7. The van der Waals surface area contributed by atoms with E-state index in [0.29, 0.717) is 30.5 Å². The average molecular weight is 408 g/mol. The third-order valence-electron chi connectivity index (χ3n) is 6.78. The van der Waals surface area contributed by atoms with Crippen LogP contribution < -0.4 is 5.32 Å². The van der Waals surface area contributed by atoms with Crippen LogP contribution in [0.25, 0.3) is 0 Å². The number of carbonyl (C=O) groups excluding carboxylic acids is 2. The molecule has 2 unspecified atom stereocenters. The number of nitrogens with one attached hydrogen (secondary N) is 1. The Kier molecular flexibility index (Phi) is 8.99. The number of amides is 2. The quantitative estimate of drug-likeness (QED) is 0.590. The Morgan fingerprint density at radius 2 is 1.62 bits per heavy atom. The van der Waals surface area contributed by atoms with E-state index in [-0.39, 0.29) is 23.8 Å². The molecule has 0 aromatic carbocycles. The molecule has 0 spiro atoms. The summed E-state index contributed by atoms with van der Waals surface area (Å²) in [7, 11) is 2.27. The van der Waals surface area contributed by atoms with Crippen molar-refractivity contribution in [3.05, 3.63) is 0 Å². The molecular weight excluding hydrogens is 362 g/mol. The first-order valence-corrected chi connectivity index (χ1v) is 11.9. The topological polar surface area (TPSA) is 52.6 Å². The van der Waals surface area contributed by atoms with Gasteiger partial charge in [-0.15, -0.1) is 0 Å². The molecule has 5 heteroatoms. The maximum absolute atomic E-state index is 13.2. The van der Waals surface area contributed by atoms with Crippen LogP contribution in [-0.4, -0.2) is 59.9 Å². The van der Waals surface area contributed by atoms with Gasteiger partial charge in [-0.2, -0.15) is 0 Å². The van der Waals surface area contributed by atoms with Gasteiger partial charge in [0.2, 0.25) is 11.8 Å². The zero-order chi connectivity index (χ0) is 21.6. The van der Waals surface area contributed by atoms with Crippen LogP contribution in [0, 0.1) is 11.3 Å². The summed E-state index contributed by atoms with van der Waals surface area (Å²) in [5.41, 5.74) is -0.0623. The van der Waals surface area contributed by atoms with Gasteiger partial charge >= 0.3 is 0 Å². The van der Waals surface area contributed by atoms with E-state index in [1.54, 1.807) is 0 Å². The summed E-state index contributed by atoms with van der Waals surface area (Å²) in [5, 5.41) is 2.89. The van der Waals surface area contributed by atoms with Crippen LogP contribution >= 0.6 is 0 Å². The Hall–Kier alpha value is -1.10. The maximum Gasteiger partial charge on any atom is 0.242 e. The SMILES string of the molecule is CCCC(CCC)N(CC1CC2CCC(C1)N2C)C(=O)CNC(=O)CC(C)(C)C. The fraction of sp³-hybridized carbons (Fsp3) is 0.917. The molecule has 0 aromatic heterocycles. The minimum atomic E-state index is -0.0623.